The Kier molecular flexibility index (Phi) is 6.81. The maximum atomic E-state index is 12.8. The third-order valence-electron chi connectivity index (χ3n) is 6.71. The fourth-order valence-corrected chi connectivity index (χ4v) is 4.74. The third kappa shape index (κ3) is 4.22. The van der Waals surface area contributed by atoms with Crippen LogP contribution in [0.5, 0.6) is 0 Å². The molecule has 3 atom stereocenters. The molecule has 8 heteroatoms. The number of fused-ring (bicyclic) bond motifs is 1. The number of amides is 3. The number of hydrogen-bond acceptors (Lipinski definition) is 5. The van der Waals surface area contributed by atoms with Crippen molar-refractivity contribution < 1.29 is 24.6 Å². The van der Waals surface area contributed by atoms with E-state index >= 15 is 0 Å². The molecule has 2 aromatic carbocycles. The lowest BCUT2D eigenvalue weighted by Gasteiger charge is -2.27. The highest BCUT2D eigenvalue weighted by molar-refractivity contribution is 6.06. The minimum atomic E-state index is -1.85. The van der Waals surface area contributed by atoms with Crippen LogP contribution in [0.1, 0.15) is 31.7 Å². The number of aliphatic hydroxyl groups excluding tert-OH is 1. The summed E-state index contributed by atoms with van der Waals surface area (Å²) >= 11 is 0. The van der Waals surface area contributed by atoms with Crippen molar-refractivity contribution >= 4 is 35.3 Å². The minimum absolute atomic E-state index is 0.0499. The zero-order valence-corrected chi connectivity index (χ0v) is 19.1. The average Bonchev–Trinajstić information content (AvgIpc) is 3.43. The summed E-state index contributed by atoms with van der Waals surface area (Å²) in [6.07, 6.45) is 5.80. The van der Waals surface area contributed by atoms with Gasteiger partial charge in [0.2, 0.25) is 12.3 Å². The molecule has 0 aliphatic carbocycles. The molecule has 34 heavy (non-hydrogen) atoms. The van der Waals surface area contributed by atoms with E-state index in [0.717, 1.165) is 12.8 Å². The van der Waals surface area contributed by atoms with E-state index in [9.17, 15) is 24.6 Å². The Bertz CT molecular complexity index is 1100. The Balaban J connectivity index is 1.55. The Hall–Kier alpha value is -3.49. The molecule has 0 spiro atoms. The number of hydrogen-bond donors (Lipinski definition) is 3. The highest BCUT2D eigenvalue weighted by Crippen LogP contribution is 2.43. The number of nitrogens with zero attached hydrogens (tertiary/aromatic N) is 2. The fourth-order valence-electron chi connectivity index (χ4n) is 4.74. The molecule has 2 aliphatic rings. The van der Waals surface area contributed by atoms with Gasteiger partial charge in [0, 0.05) is 41.5 Å². The number of carbonyl (C=O) groups is 3. The van der Waals surface area contributed by atoms with Gasteiger partial charge < -0.3 is 20.4 Å². The van der Waals surface area contributed by atoms with Crippen LogP contribution in [0.15, 0.2) is 60.7 Å². The molecule has 1 fully saturated rings. The molecule has 0 aromatic heterocycles. The highest BCUT2D eigenvalue weighted by Gasteiger charge is 2.48. The SMILES string of the molecule is C[C@@H](/C=C/CC(=O)N1CCC[C@H]1CO)[C@]1(O)C(=O)Nc2ccc(N(C=O)c3ccccc3)cc21. The van der Waals surface area contributed by atoms with Crippen molar-refractivity contribution in [3.05, 3.63) is 66.2 Å². The van der Waals surface area contributed by atoms with Crippen molar-refractivity contribution in [1.82, 2.24) is 4.90 Å². The molecule has 2 heterocycles. The molecular weight excluding hydrogens is 434 g/mol. The monoisotopic (exact) mass is 463 g/mol. The maximum absolute atomic E-state index is 12.8. The Labute approximate surface area is 198 Å². The van der Waals surface area contributed by atoms with Crippen molar-refractivity contribution in [2.24, 2.45) is 5.92 Å². The van der Waals surface area contributed by atoms with Gasteiger partial charge in [-0.25, -0.2) is 0 Å². The molecule has 178 valence electrons. The van der Waals surface area contributed by atoms with Gasteiger partial charge in [-0.2, -0.15) is 0 Å². The van der Waals surface area contributed by atoms with E-state index in [0.29, 0.717) is 35.6 Å². The van der Waals surface area contributed by atoms with Gasteiger partial charge in [-0.3, -0.25) is 19.3 Å². The molecule has 3 N–H and O–H groups in total. The van der Waals surface area contributed by atoms with Gasteiger partial charge in [0.05, 0.1) is 12.6 Å². The zero-order chi connectivity index (χ0) is 24.3. The Morgan fingerprint density at radius 1 is 1.26 bits per heavy atom. The molecule has 1 saturated heterocycles. The van der Waals surface area contributed by atoms with Gasteiger partial charge in [-0.1, -0.05) is 37.3 Å². The second-order valence-corrected chi connectivity index (χ2v) is 8.75. The average molecular weight is 464 g/mol. The number of benzene rings is 2. The minimum Gasteiger partial charge on any atom is -0.394 e. The predicted octanol–water partition coefficient (Wildman–Crippen LogP) is 2.69. The number of nitrogens with one attached hydrogen (secondary N) is 1. The first-order valence-electron chi connectivity index (χ1n) is 11.4. The third-order valence-corrected chi connectivity index (χ3v) is 6.71. The van der Waals surface area contributed by atoms with E-state index in [2.05, 4.69) is 5.32 Å². The van der Waals surface area contributed by atoms with Crippen LogP contribution in [-0.4, -0.2) is 52.5 Å². The van der Waals surface area contributed by atoms with Crippen LogP contribution in [0, 0.1) is 5.92 Å². The summed E-state index contributed by atoms with van der Waals surface area (Å²) in [5, 5.41) is 23.6. The molecule has 2 aliphatic heterocycles. The number of anilines is 3. The lowest BCUT2D eigenvalue weighted by Crippen LogP contribution is -2.40. The molecule has 4 rings (SSSR count). The number of carbonyl (C=O) groups excluding carboxylic acids is 3. The van der Waals surface area contributed by atoms with Crippen LogP contribution < -0.4 is 10.2 Å². The summed E-state index contributed by atoms with van der Waals surface area (Å²) in [6.45, 7) is 2.29. The zero-order valence-electron chi connectivity index (χ0n) is 19.1. The predicted molar refractivity (Wildman–Crippen MR) is 128 cm³/mol. The van der Waals surface area contributed by atoms with Gasteiger partial charge in [0.15, 0.2) is 5.60 Å². The quantitative estimate of drug-likeness (QED) is 0.412. The van der Waals surface area contributed by atoms with Crippen molar-refractivity contribution in [3.8, 4) is 0 Å². The normalized spacial score (nSPS) is 22.5. The standard InChI is InChI=1S/C26H29N3O5/c1-18(7-5-11-24(32)28-14-6-10-21(28)16-30)26(34)22-15-20(12-13-23(22)27-25(26)33)29(17-31)19-8-3-2-4-9-19/h2-5,7-9,12-13,15,17-18,21,30,34H,6,10-11,14,16H2,1H3,(H,27,33)/b7-5+/t18-,21-,26+/m0/s1. The second kappa shape index (κ2) is 9.79. The fraction of sp³-hybridized carbons (Fsp3) is 0.346. The van der Waals surface area contributed by atoms with Crippen molar-refractivity contribution in [1.29, 1.82) is 0 Å². The van der Waals surface area contributed by atoms with Crippen LogP contribution in [-0.2, 0) is 20.0 Å². The molecule has 0 bridgehead atoms. The molecule has 8 nitrogen and oxygen atoms in total. The molecule has 0 saturated carbocycles. The maximum Gasteiger partial charge on any atom is 0.261 e. The van der Waals surface area contributed by atoms with Gasteiger partial charge >= 0.3 is 0 Å². The summed E-state index contributed by atoms with van der Waals surface area (Å²) < 4.78 is 0. The van der Waals surface area contributed by atoms with Crippen LogP contribution in [0.2, 0.25) is 0 Å². The first kappa shape index (κ1) is 23.7. The van der Waals surface area contributed by atoms with Crippen molar-refractivity contribution in [2.75, 3.05) is 23.4 Å². The lowest BCUT2D eigenvalue weighted by molar-refractivity contribution is -0.137. The van der Waals surface area contributed by atoms with Crippen molar-refractivity contribution in [2.45, 2.75) is 37.8 Å². The van der Waals surface area contributed by atoms with E-state index in [-0.39, 0.29) is 25.0 Å². The number of likely N-dealkylation sites (tertiary alicyclic amines) is 1. The van der Waals surface area contributed by atoms with Crippen LogP contribution in [0.4, 0.5) is 17.1 Å². The van der Waals surface area contributed by atoms with E-state index in [1.54, 1.807) is 54.3 Å². The van der Waals surface area contributed by atoms with Crippen LogP contribution in [0.3, 0.4) is 0 Å². The van der Waals surface area contributed by atoms with Crippen LogP contribution >= 0.6 is 0 Å². The number of aliphatic hydroxyl groups is 2. The summed E-state index contributed by atoms with van der Waals surface area (Å²) in [5.74, 6) is -1.28. The molecule has 3 amide bonds. The number of rotatable bonds is 8. The first-order chi connectivity index (χ1) is 16.4. The highest BCUT2D eigenvalue weighted by atomic mass is 16.3. The lowest BCUT2D eigenvalue weighted by atomic mass is 9.82. The van der Waals surface area contributed by atoms with E-state index in [1.165, 1.54) is 4.90 Å². The number of para-hydroxylation sites is 1. The van der Waals surface area contributed by atoms with Gasteiger partial charge in [0.25, 0.3) is 5.91 Å². The largest absolute Gasteiger partial charge is 0.394 e. The Morgan fingerprint density at radius 2 is 2.03 bits per heavy atom. The van der Waals surface area contributed by atoms with Crippen molar-refractivity contribution in [3.63, 3.8) is 0 Å². The smallest absolute Gasteiger partial charge is 0.261 e. The second-order valence-electron chi connectivity index (χ2n) is 8.75. The molecular formula is C26H29N3O5. The summed E-state index contributed by atoms with van der Waals surface area (Å²) in [5.41, 5.74) is 0.186. The van der Waals surface area contributed by atoms with E-state index in [4.69, 9.17) is 0 Å². The van der Waals surface area contributed by atoms with Crippen LogP contribution in [0.25, 0.3) is 0 Å². The molecule has 2 aromatic rings. The summed E-state index contributed by atoms with van der Waals surface area (Å²) in [4.78, 5) is 40.3. The molecule has 0 radical (unpaired) electrons. The summed E-state index contributed by atoms with van der Waals surface area (Å²) in [7, 11) is 0. The summed E-state index contributed by atoms with van der Waals surface area (Å²) in [6, 6.07) is 13.9. The topological polar surface area (TPSA) is 110 Å². The van der Waals surface area contributed by atoms with E-state index in [1.807, 2.05) is 18.2 Å². The van der Waals surface area contributed by atoms with E-state index < -0.39 is 17.4 Å². The molecule has 0 unspecified atom stereocenters. The van der Waals surface area contributed by atoms with Gasteiger partial charge in [0.1, 0.15) is 0 Å². The van der Waals surface area contributed by atoms with Gasteiger partial charge in [-0.15, -0.1) is 0 Å². The van der Waals surface area contributed by atoms with Gasteiger partial charge in [-0.05, 0) is 43.2 Å². The Morgan fingerprint density at radius 3 is 2.74 bits per heavy atom. The first-order valence-corrected chi connectivity index (χ1v) is 11.4.